The second-order valence-corrected chi connectivity index (χ2v) is 4.87. The average molecular weight is 234 g/mol. The molecule has 1 aromatic rings. The number of anilines is 2. The molecule has 0 saturated carbocycles. The molecule has 0 aliphatic carbocycles. The van der Waals surface area contributed by atoms with E-state index < -0.39 is 0 Å². The van der Waals surface area contributed by atoms with E-state index in [0.29, 0.717) is 0 Å². The molecule has 2 rings (SSSR count). The number of nitrogens with zero attached hydrogens (tertiary/aromatic N) is 2. The number of nitrogens with one attached hydrogen (secondary N) is 2. The van der Waals surface area contributed by atoms with Gasteiger partial charge in [0.25, 0.3) is 0 Å². The summed E-state index contributed by atoms with van der Waals surface area (Å²) >= 11 is 0. The summed E-state index contributed by atoms with van der Waals surface area (Å²) in [5, 5.41) is 6.86. The minimum absolute atomic E-state index is 0.796. The van der Waals surface area contributed by atoms with E-state index in [1.54, 1.807) is 0 Å². The van der Waals surface area contributed by atoms with Gasteiger partial charge < -0.3 is 15.5 Å². The summed E-state index contributed by atoms with van der Waals surface area (Å²) in [6, 6.07) is 4.15. The van der Waals surface area contributed by atoms with Crippen LogP contribution in [0.25, 0.3) is 0 Å². The van der Waals surface area contributed by atoms with E-state index in [4.69, 9.17) is 0 Å². The van der Waals surface area contributed by atoms with Crippen LogP contribution in [0.4, 0.5) is 11.5 Å². The van der Waals surface area contributed by atoms with Gasteiger partial charge in [-0.1, -0.05) is 0 Å². The van der Waals surface area contributed by atoms with Crippen molar-refractivity contribution in [3.05, 3.63) is 18.3 Å². The predicted molar refractivity (Wildman–Crippen MR) is 72.6 cm³/mol. The van der Waals surface area contributed by atoms with Crippen LogP contribution in [-0.4, -0.2) is 38.7 Å². The maximum absolute atomic E-state index is 4.39. The number of hydrogen-bond acceptors (Lipinski definition) is 4. The van der Waals surface area contributed by atoms with Gasteiger partial charge >= 0.3 is 0 Å². The average Bonchev–Trinajstić information content (AvgIpc) is 2.38. The molecule has 2 N–H and O–H groups in total. The van der Waals surface area contributed by atoms with Crippen molar-refractivity contribution in [1.82, 2.24) is 10.3 Å². The molecule has 1 fully saturated rings. The molecular weight excluding hydrogens is 212 g/mol. The van der Waals surface area contributed by atoms with E-state index in [1.807, 2.05) is 31.3 Å². The Morgan fingerprint density at radius 2 is 2.12 bits per heavy atom. The second-order valence-electron chi connectivity index (χ2n) is 4.87. The highest BCUT2D eigenvalue weighted by molar-refractivity contribution is 5.47. The molecule has 4 nitrogen and oxygen atoms in total. The first kappa shape index (κ1) is 12.2. The Kier molecular flexibility index (Phi) is 4.20. The fourth-order valence-electron chi connectivity index (χ4n) is 2.10. The predicted octanol–water partition coefficient (Wildman–Crippen LogP) is 1.56. The van der Waals surface area contributed by atoms with Crippen molar-refractivity contribution in [3.8, 4) is 0 Å². The van der Waals surface area contributed by atoms with Crippen molar-refractivity contribution >= 4 is 11.5 Å². The highest BCUT2D eigenvalue weighted by atomic mass is 15.1. The molecule has 0 amide bonds. The van der Waals surface area contributed by atoms with E-state index in [9.17, 15) is 0 Å². The third-order valence-corrected chi connectivity index (χ3v) is 3.26. The monoisotopic (exact) mass is 234 g/mol. The first-order valence-electron chi connectivity index (χ1n) is 6.33. The Morgan fingerprint density at radius 1 is 1.35 bits per heavy atom. The lowest BCUT2D eigenvalue weighted by molar-refractivity contribution is 0.390. The number of piperidine rings is 1. The Balaban J connectivity index is 1.82. The minimum Gasteiger partial charge on any atom is -0.384 e. The molecule has 4 heteroatoms. The van der Waals surface area contributed by atoms with Crippen LogP contribution in [0.2, 0.25) is 0 Å². The summed E-state index contributed by atoms with van der Waals surface area (Å²) in [4.78, 5) is 6.40. The van der Waals surface area contributed by atoms with Crippen LogP contribution in [-0.2, 0) is 0 Å². The molecule has 0 bridgehead atoms. The summed E-state index contributed by atoms with van der Waals surface area (Å²) in [5.74, 6) is 1.79. The number of rotatable bonds is 4. The van der Waals surface area contributed by atoms with Crippen LogP contribution in [0.5, 0.6) is 0 Å². The third-order valence-electron chi connectivity index (χ3n) is 3.26. The van der Waals surface area contributed by atoms with Gasteiger partial charge in [0.2, 0.25) is 0 Å². The van der Waals surface area contributed by atoms with Gasteiger partial charge in [0.05, 0.1) is 11.9 Å². The van der Waals surface area contributed by atoms with Crippen LogP contribution >= 0.6 is 0 Å². The van der Waals surface area contributed by atoms with Crippen molar-refractivity contribution < 1.29 is 0 Å². The largest absolute Gasteiger partial charge is 0.384 e. The van der Waals surface area contributed by atoms with Crippen molar-refractivity contribution in [2.24, 2.45) is 5.92 Å². The Labute approximate surface area is 103 Å². The fraction of sp³-hybridized carbons (Fsp3) is 0.615. The van der Waals surface area contributed by atoms with Crippen LogP contribution in [0.15, 0.2) is 18.3 Å². The van der Waals surface area contributed by atoms with E-state index in [1.165, 1.54) is 12.8 Å². The van der Waals surface area contributed by atoms with Crippen molar-refractivity contribution in [2.45, 2.75) is 12.8 Å². The summed E-state index contributed by atoms with van der Waals surface area (Å²) in [5.41, 5.74) is 1.12. The fourth-order valence-corrected chi connectivity index (χ4v) is 2.10. The van der Waals surface area contributed by atoms with Crippen molar-refractivity contribution in [2.75, 3.05) is 43.9 Å². The summed E-state index contributed by atoms with van der Waals surface area (Å²) in [7, 11) is 4.01. The Hall–Kier alpha value is -1.29. The minimum atomic E-state index is 0.796. The zero-order valence-electron chi connectivity index (χ0n) is 10.7. The third kappa shape index (κ3) is 3.60. The lowest BCUT2D eigenvalue weighted by Gasteiger charge is -2.23. The van der Waals surface area contributed by atoms with E-state index in [-0.39, 0.29) is 0 Å². The Morgan fingerprint density at radius 3 is 2.71 bits per heavy atom. The summed E-state index contributed by atoms with van der Waals surface area (Å²) < 4.78 is 0. The van der Waals surface area contributed by atoms with Gasteiger partial charge in [0.1, 0.15) is 5.82 Å². The molecule has 1 aliphatic rings. The SMILES string of the molecule is CN(C)c1ccc(NCC2CCNCC2)cn1. The maximum atomic E-state index is 4.39. The normalized spacial score (nSPS) is 16.8. The Bertz CT molecular complexity index is 328. The molecular formula is C13H22N4. The van der Waals surface area contributed by atoms with Gasteiger partial charge in [0, 0.05) is 20.6 Å². The van der Waals surface area contributed by atoms with Gasteiger partial charge in [-0.2, -0.15) is 0 Å². The lowest BCUT2D eigenvalue weighted by atomic mass is 9.98. The van der Waals surface area contributed by atoms with Gasteiger partial charge in [-0.3, -0.25) is 0 Å². The zero-order chi connectivity index (χ0) is 12.1. The maximum Gasteiger partial charge on any atom is 0.128 e. The highest BCUT2D eigenvalue weighted by Gasteiger charge is 2.12. The van der Waals surface area contributed by atoms with Crippen molar-refractivity contribution in [3.63, 3.8) is 0 Å². The van der Waals surface area contributed by atoms with Crippen LogP contribution in [0.3, 0.4) is 0 Å². The first-order chi connectivity index (χ1) is 8.25. The summed E-state index contributed by atoms with van der Waals surface area (Å²) in [6.45, 7) is 3.37. The molecule has 0 atom stereocenters. The molecule has 0 radical (unpaired) electrons. The molecule has 17 heavy (non-hydrogen) atoms. The molecule has 1 saturated heterocycles. The highest BCUT2D eigenvalue weighted by Crippen LogP contribution is 2.15. The van der Waals surface area contributed by atoms with Crippen molar-refractivity contribution in [1.29, 1.82) is 0 Å². The number of pyridine rings is 1. The molecule has 0 spiro atoms. The van der Waals surface area contributed by atoms with E-state index >= 15 is 0 Å². The van der Waals surface area contributed by atoms with Gasteiger partial charge in [0.15, 0.2) is 0 Å². The standard InChI is InChI=1S/C13H22N4/c1-17(2)13-4-3-12(10-16-13)15-9-11-5-7-14-8-6-11/h3-4,10-11,14-15H,5-9H2,1-2H3. The van der Waals surface area contributed by atoms with Gasteiger partial charge in [-0.15, -0.1) is 0 Å². The van der Waals surface area contributed by atoms with E-state index in [2.05, 4.69) is 21.7 Å². The quantitative estimate of drug-likeness (QED) is 0.829. The molecule has 0 unspecified atom stereocenters. The summed E-state index contributed by atoms with van der Waals surface area (Å²) in [6.07, 6.45) is 4.46. The molecule has 94 valence electrons. The van der Waals surface area contributed by atoms with Gasteiger partial charge in [-0.05, 0) is 44.0 Å². The van der Waals surface area contributed by atoms with Crippen LogP contribution < -0.4 is 15.5 Å². The van der Waals surface area contributed by atoms with Gasteiger partial charge in [-0.25, -0.2) is 4.98 Å². The molecule has 0 aromatic carbocycles. The van der Waals surface area contributed by atoms with Crippen LogP contribution in [0, 0.1) is 5.92 Å². The lowest BCUT2D eigenvalue weighted by Crippen LogP contribution is -2.31. The second kappa shape index (κ2) is 5.87. The van der Waals surface area contributed by atoms with Crippen LogP contribution in [0.1, 0.15) is 12.8 Å². The molecule has 1 aliphatic heterocycles. The zero-order valence-corrected chi connectivity index (χ0v) is 10.7. The smallest absolute Gasteiger partial charge is 0.128 e. The first-order valence-corrected chi connectivity index (χ1v) is 6.33. The number of aromatic nitrogens is 1. The molecule has 1 aromatic heterocycles. The van der Waals surface area contributed by atoms with E-state index in [0.717, 1.165) is 37.1 Å². The molecule has 2 heterocycles. The number of hydrogen-bond donors (Lipinski definition) is 2. The topological polar surface area (TPSA) is 40.2 Å².